The highest BCUT2D eigenvalue weighted by molar-refractivity contribution is 6.34. The largest absolute Gasteiger partial charge is 0.465 e. The lowest BCUT2D eigenvalue weighted by Crippen LogP contribution is -2.29. The molecule has 1 heterocycles. The summed E-state index contributed by atoms with van der Waals surface area (Å²) in [6, 6.07) is 19.2. The molecule has 0 atom stereocenters. The maximum Gasteiger partial charge on any atom is 0.338 e. The van der Waals surface area contributed by atoms with Crippen molar-refractivity contribution >= 4 is 29.4 Å². The first-order valence-electron chi connectivity index (χ1n) is 9.42. The van der Waals surface area contributed by atoms with Gasteiger partial charge >= 0.3 is 11.9 Å². The van der Waals surface area contributed by atoms with Gasteiger partial charge in [-0.25, -0.2) is 14.5 Å². The van der Waals surface area contributed by atoms with Crippen molar-refractivity contribution in [1.29, 1.82) is 0 Å². The number of carbonyl (C=O) groups excluding carboxylic acids is 4. The Morgan fingerprint density at radius 3 is 2.03 bits per heavy atom. The minimum absolute atomic E-state index is 0.0240. The van der Waals surface area contributed by atoms with Crippen molar-refractivity contribution in [1.82, 2.24) is 0 Å². The maximum absolute atomic E-state index is 12.6. The van der Waals surface area contributed by atoms with E-state index in [1.54, 1.807) is 48.5 Å². The highest BCUT2D eigenvalue weighted by Crippen LogP contribution is 2.28. The molecule has 154 valence electrons. The summed E-state index contributed by atoms with van der Waals surface area (Å²) in [5.41, 5.74) is 2.34. The molecule has 0 N–H and O–H groups in total. The van der Waals surface area contributed by atoms with Gasteiger partial charge in [-0.05, 0) is 54.1 Å². The first kappa shape index (κ1) is 20.0. The summed E-state index contributed by atoms with van der Waals surface area (Å²) in [5, 5.41) is 0. The van der Waals surface area contributed by atoms with Gasteiger partial charge in [0.2, 0.25) is 0 Å². The molecule has 3 aromatic rings. The third kappa shape index (κ3) is 3.81. The van der Waals surface area contributed by atoms with Gasteiger partial charge in [-0.15, -0.1) is 0 Å². The van der Waals surface area contributed by atoms with Gasteiger partial charge in [0, 0.05) is 0 Å². The zero-order chi connectivity index (χ0) is 22.0. The van der Waals surface area contributed by atoms with E-state index in [4.69, 9.17) is 4.74 Å². The fraction of sp³-hybridized carbons (Fsp3) is 0.0833. The van der Waals surface area contributed by atoms with Gasteiger partial charge in [-0.2, -0.15) is 0 Å². The second-order valence-electron chi connectivity index (χ2n) is 6.81. The monoisotopic (exact) mass is 415 g/mol. The van der Waals surface area contributed by atoms with E-state index in [0.717, 1.165) is 4.90 Å². The first-order valence-corrected chi connectivity index (χ1v) is 9.42. The number of esters is 2. The van der Waals surface area contributed by atoms with Gasteiger partial charge in [-0.3, -0.25) is 9.59 Å². The van der Waals surface area contributed by atoms with Crippen LogP contribution in [0.4, 0.5) is 5.69 Å². The van der Waals surface area contributed by atoms with Gasteiger partial charge in [0.1, 0.15) is 6.61 Å². The first-order chi connectivity index (χ1) is 15.0. The summed E-state index contributed by atoms with van der Waals surface area (Å²) < 4.78 is 9.98. The molecule has 0 aromatic heterocycles. The normalized spacial score (nSPS) is 12.5. The second kappa shape index (κ2) is 8.23. The van der Waals surface area contributed by atoms with Gasteiger partial charge in [0.05, 0.1) is 35.1 Å². The highest BCUT2D eigenvalue weighted by atomic mass is 16.5. The van der Waals surface area contributed by atoms with Crippen molar-refractivity contribution in [3.63, 3.8) is 0 Å². The van der Waals surface area contributed by atoms with Gasteiger partial charge in [0.15, 0.2) is 0 Å². The summed E-state index contributed by atoms with van der Waals surface area (Å²) in [5.74, 6) is -1.85. The molecule has 0 bridgehead atoms. The topological polar surface area (TPSA) is 90.0 Å². The molecular weight excluding hydrogens is 398 g/mol. The minimum atomic E-state index is -0.572. The van der Waals surface area contributed by atoms with Crippen molar-refractivity contribution in [3.8, 4) is 0 Å². The summed E-state index contributed by atoms with van der Waals surface area (Å²) in [6.07, 6.45) is 0. The number of methoxy groups -OCH3 is 1. The molecule has 2 amide bonds. The van der Waals surface area contributed by atoms with Gasteiger partial charge < -0.3 is 9.47 Å². The van der Waals surface area contributed by atoms with E-state index < -0.39 is 23.8 Å². The van der Waals surface area contributed by atoms with Crippen molar-refractivity contribution in [3.05, 3.63) is 101 Å². The van der Waals surface area contributed by atoms with Crippen LogP contribution in [-0.2, 0) is 16.1 Å². The third-order valence-electron chi connectivity index (χ3n) is 4.87. The van der Waals surface area contributed by atoms with Crippen LogP contribution in [0.1, 0.15) is 47.0 Å². The molecule has 0 fully saturated rings. The molecule has 0 radical (unpaired) electrons. The molecule has 1 aliphatic rings. The van der Waals surface area contributed by atoms with E-state index >= 15 is 0 Å². The number of benzene rings is 3. The molecule has 3 aromatic carbocycles. The molecule has 0 saturated heterocycles. The highest BCUT2D eigenvalue weighted by Gasteiger charge is 2.36. The maximum atomic E-state index is 12.6. The second-order valence-corrected chi connectivity index (χ2v) is 6.81. The summed E-state index contributed by atoms with van der Waals surface area (Å²) in [4.78, 5) is 50.2. The number of nitrogens with zero attached hydrogens (tertiary/aromatic N) is 1. The van der Waals surface area contributed by atoms with Gasteiger partial charge in [0.25, 0.3) is 11.8 Å². The Morgan fingerprint density at radius 1 is 0.774 bits per heavy atom. The van der Waals surface area contributed by atoms with Crippen molar-refractivity contribution < 1.29 is 28.7 Å². The number of hydrogen-bond donors (Lipinski definition) is 0. The third-order valence-corrected chi connectivity index (χ3v) is 4.87. The predicted octanol–water partition coefficient (Wildman–Crippen LogP) is 3.63. The van der Waals surface area contributed by atoms with Crippen molar-refractivity contribution in [2.24, 2.45) is 0 Å². The van der Waals surface area contributed by atoms with E-state index in [1.807, 2.05) is 0 Å². The summed E-state index contributed by atoms with van der Waals surface area (Å²) >= 11 is 0. The minimum Gasteiger partial charge on any atom is -0.465 e. The van der Waals surface area contributed by atoms with Crippen LogP contribution in [-0.4, -0.2) is 30.9 Å². The Bertz CT molecular complexity index is 1160. The quantitative estimate of drug-likeness (QED) is 0.467. The zero-order valence-corrected chi connectivity index (χ0v) is 16.5. The fourth-order valence-corrected chi connectivity index (χ4v) is 3.31. The average Bonchev–Trinajstić information content (AvgIpc) is 3.07. The lowest BCUT2D eigenvalue weighted by atomic mass is 10.1. The Kier molecular flexibility index (Phi) is 5.32. The van der Waals surface area contributed by atoms with Gasteiger partial charge in [-0.1, -0.05) is 24.3 Å². The Morgan fingerprint density at radius 2 is 1.42 bits per heavy atom. The molecule has 0 unspecified atom stereocenters. The number of ether oxygens (including phenoxy) is 2. The number of rotatable bonds is 5. The number of hydrogen-bond acceptors (Lipinski definition) is 6. The van der Waals surface area contributed by atoms with Crippen LogP contribution < -0.4 is 4.90 Å². The van der Waals surface area contributed by atoms with Crippen LogP contribution in [0.5, 0.6) is 0 Å². The number of anilines is 1. The molecular formula is C24H17NO6. The molecule has 4 rings (SSSR count). The molecule has 7 nitrogen and oxygen atoms in total. The Hall–Kier alpha value is -4.26. The van der Waals surface area contributed by atoms with E-state index in [1.165, 1.54) is 31.4 Å². The smallest absolute Gasteiger partial charge is 0.338 e. The van der Waals surface area contributed by atoms with Crippen LogP contribution in [0.3, 0.4) is 0 Å². The van der Waals surface area contributed by atoms with Crippen LogP contribution in [0.2, 0.25) is 0 Å². The van der Waals surface area contributed by atoms with E-state index in [0.29, 0.717) is 27.9 Å². The predicted molar refractivity (Wildman–Crippen MR) is 111 cm³/mol. The lowest BCUT2D eigenvalue weighted by Gasteiger charge is -2.14. The average molecular weight is 415 g/mol. The Balaban J connectivity index is 1.44. The Labute approximate surface area is 177 Å². The van der Waals surface area contributed by atoms with Crippen LogP contribution in [0.15, 0.2) is 72.8 Å². The molecule has 0 saturated carbocycles. The number of carbonyl (C=O) groups is 4. The standard InChI is InChI=1S/C24H17NO6/c1-30-23(28)17-6-4-5-15(13-17)14-31-24(29)16-9-11-18(12-10-16)25-21(26)19-7-2-3-8-20(19)22(25)27/h2-13H,14H2,1H3. The van der Waals surface area contributed by atoms with Crippen LogP contribution in [0, 0.1) is 0 Å². The van der Waals surface area contributed by atoms with Crippen molar-refractivity contribution in [2.75, 3.05) is 12.0 Å². The number of imide groups is 1. The summed E-state index contributed by atoms with van der Waals surface area (Å²) in [6.45, 7) is -0.0240. The molecule has 0 aliphatic carbocycles. The van der Waals surface area contributed by atoms with Crippen LogP contribution >= 0.6 is 0 Å². The summed E-state index contributed by atoms with van der Waals surface area (Å²) in [7, 11) is 1.29. The fourth-order valence-electron chi connectivity index (χ4n) is 3.31. The zero-order valence-electron chi connectivity index (χ0n) is 16.5. The SMILES string of the molecule is COC(=O)c1cccc(COC(=O)c2ccc(N3C(=O)c4ccccc4C3=O)cc2)c1. The van der Waals surface area contributed by atoms with E-state index in [9.17, 15) is 19.2 Å². The van der Waals surface area contributed by atoms with E-state index in [-0.39, 0.29) is 12.2 Å². The molecule has 31 heavy (non-hydrogen) atoms. The number of fused-ring (bicyclic) bond motifs is 1. The molecule has 1 aliphatic heterocycles. The molecule has 7 heteroatoms. The van der Waals surface area contributed by atoms with Crippen LogP contribution in [0.25, 0.3) is 0 Å². The van der Waals surface area contributed by atoms with E-state index in [2.05, 4.69) is 4.74 Å². The van der Waals surface area contributed by atoms with Crippen molar-refractivity contribution in [2.45, 2.75) is 6.61 Å². The number of amides is 2. The molecule has 0 spiro atoms. The lowest BCUT2D eigenvalue weighted by molar-refractivity contribution is 0.0472.